The number of aromatic nitrogens is 1. The lowest BCUT2D eigenvalue weighted by atomic mass is 9.96. The molecule has 0 radical (unpaired) electrons. The third kappa shape index (κ3) is 6.51. The molecule has 2 heterocycles. The average molecular weight is 393 g/mol. The number of nitrogens with zero attached hydrogens (tertiary/aromatic N) is 3. The van der Waals surface area contributed by atoms with E-state index in [4.69, 9.17) is 10.3 Å². The number of hydrogen-bond donors (Lipinski definition) is 3. The van der Waals surface area contributed by atoms with Crippen molar-refractivity contribution >= 4 is 11.9 Å². The second-order valence-electron chi connectivity index (χ2n) is 7.32. The summed E-state index contributed by atoms with van der Waals surface area (Å²) in [5.41, 5.74) is 7.55. The van der Waals surface area contributed by atoms with E-state index in [0.29, 0.717) is 6.54 Å². The van der Waals surface area contributed by atoms with Gasteiger partial charge in [0.25, 0.3) is 0 Å². The molecule has 0 aromatic carbocycles. The summed E-state index contributed by atoms with van der Waals surface area (Å²) in [6, 6.07) is 0. The van der Waals surface area contributed by atoms with Crippen LogP contribution < -0.4 is 16.4 Å². The van der Waals surface area contributed by atoms with Crippen LogP contribution >= 0.6 is 0 Å². The van der Waals surface area contributed by atoms with Gasteiger partial charge in [-0.05, 0) is 51.7 Å². The van der Waals surface area contributed by atoms with Gasteiger partial charge in [-0.3, -0.25) is 9.79 Å². The first-order valence-corrected chi connectivity index (χ1v) is 10.5. The second-order valence-corrected chi connectivity index (χ2v) is 7.32. The highest BCUT2D eigenvalue weighted by Gasteiger charge is 2.22. The Kier molecular flexibility index (Phi) is 9.27. The van der Waals surface area contributed by atoms with E-state index in [1.807, 2.05) is 0 Å². The third-order valence-corrected chi connectivity index (χ3v) is 5.45. The SMILES string of the molecule is CCc1noc(CC)c1CNC(=NC)NCCCCN1CCC(C(N)=O)CC1. The Morgan fingerprint density at radius 1 is 1.25 bits per heavy atom. The van der Waals surface area contributed by atoms with Crippen LogP contribution in [0, 0.1) is 5.92 Å². The van der Waals surface area contributed by atoms with E-state index in [0.717, 1.165) is 87.7 Å². The molecular weight excluding hydrogens is 356 g/mol. The highest BCUT2D eigenvalue weighted by atomic mass is 16.5. The van der Waals surface area contributed by atoms with Crippen molar-refractivity contribution in [2.45, 2.75) is 58.9 Å². The van der Waals surface area contributed by atoms with Crippen LogP contribution in [0.1, 0.15) is 56.5 Å². The molecule has 28 heavy (non-hydrogen) atoms. The minimum Gasteiger partial charge on any atom is -0.369 e. The van der Waals surface area contributed by atoms with Gasteiger partial charge in [-0.25, -0.2) is 0 Å². The Labute approximate surface area is 168 Å². The first-order valence-electron chi connectivity index (χ1n) is 10.5. The number of carbonyl (C=O) groups excluding carboxylic acids is 1. The van der Waals surface area contributed by atoms with E-state index in [2.05, 4.69) is 39.5 Å². The normalized spacial score (nSPS) is 16.3. The van der Waals surface area contributed by atoms with E-state index in [1.165, 1.54) is 0 Å². The number of aryl methyl sites for hydroxylation is 2. The predicted molar refractivity (Wildman–Crippen MR) is 111 cm³/mol. The van der Waals surface area contributed by atoms with Crippen molar-refractivity contribution in [1.29, 1.82) is 0 Å². The largest absolute Gasteiger partial charge is 0.369 e. The van der Waals surface area contributed by atoms with Crippen LogP contribution in [0.5, 0.6) is 0 Å². The van der Waals surface area contributed by atoms with Gasteiger partial charge in [0, 0.05) is 38.0 Å². The zero-order valence-corrected chi connectivity index (χ0v) is 17.6. The summed E-state index contributed by atoms with van der Waals surface area (Å²) >= 11 is 0. The molecular formula is C20H36N6O2. The summed E-state index contributed by atoms with van der Waals surface area (Å²) in [6.07, 6.45) is 5.69. The molecule has 1 aromatic rings. The van der Waals surface area contributed by atoms with Gasteiger partial charge in [0.2, 0.25) is 5.91 Å². The zero-order valence-electron chi connectivity index (χ0n) is 17.6. The van der Waals surface area contributed by atoms with Gasteiger partial charge >= 0.3 is 0 Å². The number of primary amides is 1. The smallest absolute Gasteiger partial charge is 0.220 e. The van der Waals surface area contributed by atoms with Crippen LogP contribution in [0.4, 0.5) is 0 Å². The maximum Gasteiger partial charge on any atom is 0.220 e. The molecule has 4 N–H and O–H groups in total. The van der Waals surface area contributed by atoms with Crippen molar-refractivity contribution in [3.05, 3.63) is 17.0 Å². The standard InChI is InChI=1S/C20H36N6O2/c1-4-17-16(18(5-2)28-25-17)14-24-20(22-3)23-10-6-7-11-26-12-8-15(9-13-26)19(21)27/h15H,4-14H2,1-3H3,(H2,21,27)(H2,22,23,24). The Bertz CT molecular complexity index is 613. The number of likely N-dealkylation sites (tertiary alicyclic amines) is 1. The van der Waals surface area contributed by atoms with Gasteiger partial charge in [-0.15, -0.1) is 0 Å². The minimum absolute atomic E-state index is 0.0687. The zero-order chi connectivity index (χ0) is 20.4. The number of piperidine rings is 1. The molecule has 1 aliphatic heterocycles. The number of guanidine groups is 1. The van der Waals surface area contributed by atoms with Crippen molar-refractivity contribution in [1.82, 2.24) is 20.7 Å². The molecule has 1 aromatic heterocycles. The fourth-order valence-electron chi connectivity index (χ4n) is 3.64. The van der Waals surface area contributed by atoms with Crippen LogP contribution in [0.15, 0.2) is 9.52 Å². The van der Waals surface area contributed by atoms with Crippen molar-refractivity contribution in [3.8, 4) is 0 Å². The van der Waals surface area contributed by atoms with Crippen LogP contribution in [0.25, 0.3) is 0 Å². The number of nitrogens with two attached hydrogens (primary N) is 1. The number of nitrogens with one attached hydrogen (secondary N) is 2. The predicted octanol–water partition coefficient (Wildman–Crippen LogP) is 1.44. The fourth-order valence-corrected chi connectivity index (χ4v) is 3.64. The molecule has 0 unspecified atom stereocenters. The van der Waals surface area contributed by atoms with E-state index in [-0.39, 0.29) is 11.8 Å². The van der Waals surface area contributed by atoms with Crippen molar-refractivity contribution in [2.24, 2.45) is 16.6 Å². The molecule has 0 spiro atoms. The topological polar surface area (TPSA) is 109 Å². The van der Waals surface area contributed by atoms with Gasteiger partial charge in [0.1, 0.15) is 5.76 Å². The van der Waals surface area contributed by atoms with Crippen molar-refractivity contribution in [2.75, 3.05) is 33.2 Å². The van der Waals surface area contributed by atoms with E-state index < -0.39 is 0 Å². The Balaban J connectivity index is 1.63. The van der Waals surface area contributed by atoms with Gasteiger partial charge < -0.3 is 25.8 Å². The van der Waals surface area contributed by atoms with E-state index in [9.17, 15) is 4.79 Å². The van der Waals surface area contributed by atoms with Crippen LogP contribution in [0.3, 0.4) is 0 Å². The van der Waals surface area contributed by atoms with Crippen LogP contribution in [-0.4, -0.2) is 55.2 Å². The second kappa shape index (κ2) is 11.7. The molecule has 0 bridgehead atoms. The summed E-state index contributed by atoms with van der Waals surface area (Å²) < 4.78 is 5.41. The molecule has 2 rings (SSSR count). The van der Waals surface area contributed by atoms with Gasteiger partial charge in [0.05, 0.1) is 5.69 Å². The lowest BCUT2D eigenvalue weighted by molar-refractivity contribution is -0.123. The summed E-state index contributed by atoms with van der Waals surface area (Å²) in [5, 5.41) is 10.9. The molecule has 1 saturated heterocycles. The molecule has 8 nitrogen and oxygen atoms in total. The van der Waals surface area contributed by atoms with Gasteiger partial charge in [-0.1, -0.05) is 19.0 Å². The van der Waals surface area contributed by atoms with E-state index >= 15 is 0 Å². The molecule has 0 aliphatic carbocycles. The lowest BCUT2D eigenvalue weighted by Gasteiger charge is -2.30. The van der Waals surface area contributed by atoms with Gasteiger partial charge in [-0.2, -0.15) is 0 Å². The number of rotatable bonds is 10. The summed E-state index contributed by atoms with van der Waals surface area (Å²) in [4.78, 5) is 17.9. The van der Waals surface area contributed by atoms with Gasteiger partial charge in [0.15, 0.2) is 5.96 Å². The maximum atomic E-state index is 11.2. The average Bonchev–Trinajstić information content (AvgIpc) is 3.12. The highest BCUT2D eigenvalue weighted by molar-refractivity contribution is 5.79. The Morgan fingerprint density at radius 3 is 2.61 bits per heavy atom. The monoisotopic (exact) mass is 392 g/mol. The maximum absolute atomic E-state index is 11.2. The fraction of sp³-hybridized carbons (Fsp3) is 0.750. The molecule has 8 heteroatoms. The molecule has 1 fully saturated rings. The molecule has 0 saturated carbocycles. The summed E-state index contributed by atoms with van der Waals surface area (Å²) in [5.74, 6) is 1.66. The summed E-state index contributed by atoms with van der Waals surface area (Å²) in [7, 11) is 1.79. The number of unbranched alkanes of at least 4 members (excludes halogenated alkanes) is 1. The van der Waals surface area contributed by atoms with E-state index in [1.54, 1.807) is 7.05 Å². The van der Waals surface area contributed by atoms with Crippen LogP contribution in [-0.2, 0) is 24.2 Å². The highest BCUT2D eigenvalue weighted by Crippen LogP contribution is 2.17. The van der Waals surface area contributed by atoms with Crippen molar-refractivity contribution < 1.29 is 9.32 Å². The number of amides is 1. The number of aliphatic imine (C=N–C) groups is 1. The summed E-state index contributed by atoms with van der Waals surface area (Å²) in [6.45, 7) is 8.73. The first-order chi connectivity index (χ1) is 13.6. The number of carbonyl (C=O) groups is 1. The first kappa shape index (κ1) is 22.2. The number of hydrogen-bond acceptors (Lipinski definition) is 5. The third-order valence-electron chi connectivity index (χ3n) is 5.45. The Hall–Kier alpha value is -2.09. The minimum atomic E-state index is -0.147. The molecule has 158 valence electrons. The molecule has 0 atom stereocenters. The Morgan fingerprint density at radius 2 is 2.00 bits per heavy atom. The lowest BCUT2D eigenvalue weighted by Crippen LogP contribution is -2.39. The molecule has 1 amide bonds. The van der Waals surface area contributed by atoms with Crippen molar-refractivity contribution in [3.63, 3.8) is 0 Å². The molecule has 1 aliphatic rings. The van der Waals surface area contributed by atoms with Crippen LogP contribution in [0.2, 0.25) is 0 Å². The quantitative estimate of drug-likeness (QED) is 0.316.